The second kappa shape index (κ2) is 3.73. The van der Waals surface area contributed by atoms with Crippen LogP contribution < -0.4 is 10.1 Å². The molecule has 81 valence electrons. The molecule has 0 N–H and O–H groups in total. The van der Waals surface area contributed by atoms with Gasteiger partial charge in [0.15, 0.2) is 0 Å². The van der Waals surface area contributed by atoms with Crippen molar-refractivity contribution in [1.29, 1.82) is 0 Å². The Balaban J connectivity index is 2.21. The Bertz CT molecular complexity index is 362. The molecule has 1 aromatic carbocycles. The quantitative estimate of drug-likeness (QED) is 0.706. The molecule has 1 heterocycles. The van der Waals surface area contributed by atoms with Crippen molar-refractivity contribution in [3.05, 3.63) is 29.3 Å². The van der Waals surface area contributed by atoms with Gasteiger partial charge >= 0.3 is 6.36 Å². The van der Waals surface area contributed by atoms with Crippen LogP contribution in [0.25, 0.3) is 0 Å². The molecule has 0 bridgehead atoms. The van der Waals surface area contributed by atoms with Crippen LogP contribution in [0.5, 0.6) is 5.75 Å². The molecule has 0 fully saturated rings. The summed E-state index contributed by atoms with van der Waals surface area (Å²) in [5.74, 6) is -0.150. The molecule has 15 heavy (non-hydrogen) atoms. The van der Waals surface area contributed by atoms with E-state index in [1.165, 1.54) is 12.1 Å². The maximum Gasteiger partial charge on any atom is 0.573 e. The van der Waals surface area contributed by atoms with E-state index in [9.17, 15) is 13.2 Å². The predicted octanol–water partition coefficient (Wildman–Crippen LogP) is 2.25. The molecule has 0 aromatic heterocycles. The lowest BCUT2D eigenvalue weighted by atomic mass is 10.0. The van der Waals surface area contributed by atoms with E-state index in [1.807, 2.05) is 0 Å². The summed E-state index contributed by atoms with van der Waals surface area (Å²) in [4.78, 5) is 0. The van der Waals surface area contributed by atoms with E-state index in [4.69, 9.17) is 0 Å². The third-order valence-corrected chi connectivity index (χ3v) is 2.23. The maximum atomic E-state index is 11.9. The number of ether oxygens (including phenoxy) is 1. The van der Waals surface area contributed by atoms with E-state index in [0.29, 0.717) is 19.5 Å². The highest BCUT2D eigenvalue weighted by molar-refractivity contribution is 5.37. The molecule has 0 saturated carbocycles. The zero-order valence-electron chi connectivity index (χ0n) is 7.84. The summed E-state index contributed by atoms with van der Waals surface area (Å²) < 4.78 is 39.6. The first-order chi connectivity index (χ1) is 7.04. The Labute approximate surface area is 85.0 Å². The minimum atomic E-state index is -4.62. The summed E-state index contributed by atoms with van der Waals surface area (Å²) in [6, 6.07) is 4.41. The Morgan fingerprint density at radius 3 is 2.73 bits per heavy atom. The first-order valence-electron chi connectivity index (χ1n) is 4.55. The molecule has 0 aliphatic carbocycles. The number of hydrogen-bond acceptors (Lipinski definition) is 1. The number of hydrogen-bond donors (Lipinski definition) is 0. The van der Waals surface area contributed by atoms with Crippen LogP contribution >= 0.6 is 0 Å². The van der Waals surface area contributed by atoms with Crippen molar-refractivity contribution in [2.24, 2.45) is 0 Å². The second-order valence-electron chi connectivity index (χ2n) is 3.33. The topological polar surface area (TPSA) is 23.3 Å². The van der Waals surface area contributed by atoms with Crippen LogP contribution in [0, 0.1) is 0 Å². The Kier molecular flexibility index (Phi) is 2.56. The molecule has 0 amide bonds. The summed E-state index contributed by atoms with van der Waals surface area (Å²) in [7, 11) is 0. The molecule has 0 saturated heterocycles. The lowest BCUT2D eigenvalue weighted by molar-refractivity contribution is -0.274. The zero-order valence-corrected chi connectivity index (χ0v) is 7.84. The number of halogens is 3. The molecular weight excluding hydrogens is 207 g/mol. The van der Waals surface area contributed by atoms with Crippen LogP contribution in [0.1, 0.15) is 11.1 Å². The average molecular weight is 216 g/mol. The molecular formula is C10H9F3NO. The molecule has 1 aliphatic rings. The van der Waals surface area contributed by atoms with Gasteiger partial charge in [-0.15, -0.1) is 13.2 Å². The number of fused-ring (bicyclic) bond motifs is 1. The van der Waals surface area contributed by atoms with Crippen molar-refractivity contribution in [3.8, 4) is 5.75 Å². The molecule has 2 nitrogen and oxygen atoms in total. The van der Waals surface area contributed by atoms with E-state index in [2.05, 4.69) is 10.1 Å². The fourth-order valence-electron chi connectivity index (χ4n) is 1.59. The second-order valence-corrected chi connectivity index (χ2v) is 3.33. The van der Waals surface area contributed by atoms with E-state index in [-0.39, 0.29) is 5.75 Å². The highest BCUT2D eigenvalue weighted by atomic mass is 19.4. The third kappa shape index (κ3) is 2.62. The van der Waals surface area contributed by atoms with Gasteiger partial charge in [0, 0.05) is 13.1 Å². The minimum Gasteiger partial charge on any atom is -0.406 e. The number of rotatable bonds is 1. The summed E-state index contributed by atoms with van der Waals surface area (Å²) in [6.07, 6.45) is -3.93. The zero-order chi connectivity index (χ0) is 10.9. The molecule has 0 atom stereocenters. The number of alkyl halides is 3. The third-order valence-electron chi connectivity index (χ3n) is 2.23. The smallest absolute Gasteiger partial charge is 0.406 e. The van der Waals surface area contributed by atoms with E-state index in [1.54, 1.807) is 6.07 Å². The lowest BCUT2D eigenvalue weighted by Gasteiger charge is -2.17. The van der Waals surface area contributed by atoms with Gasteiger partial charge in [-0.3, -0.25) is 0 Å². The number of benzene rings is 1. The van der Waals surface area contributed by atoms with Gasteiger partial charge in [0.1, 0.15) is 5.75 Å². The van der Waals surface area contributed by atoms with E-state index >= 15 is 0 Å². The minimum absolute atomic E-state index is 0.150. The first-order valence-corrected chi connectivity index (χ1v) is 4.55. The van der Waals surface area contributed by atoms with Crippen molar-refractivity contribution >= 4 is 0 Å². The van der Waals surface area contributed by atoms with Crippen LogP contribution in [-0.2, 0) is 13.0 Å². The van der Waals surface area contributed by atoms with Gasteiger partial charge in [-0.05, 0) is 29.7 Å². The van der Waals surface area contributed by atoms with Crippen LogP contribution in [0.3, 0.4) is 0 Å². The van der Waals surface area contributed by atoms with Crippen molar-refractivity contribution < 1.29 is 17.9 Å². The molecule has 0 unspecified atom stereocenters. The van der Waals surface area contributed by atoms with Crippen molar-refractivity contribution in [1.82, 2.24) is 5.32 Å². The first kappa shape index (κ1) is 10.3. The monoisotopic (exact) mass is 216 g/mol. The number of nitrogens with zero attached hydrogens (tertiary/aromatic N) is 1. The van der Waals surface area contributed by atoms with Crippen molar-refractivity contribution in [2.75, 3.05) is 6.54 Å². The molecule has 2 rings (SSSR count). The van der Waals surface area contributed by atoms with Crippen LogP contribution in [-0.4, -0.2) is 12.9 Å². The molecule has 0 spiro atoms. The van der Waals surface area contributed by atoms with Gasteiger partial charge in [0.05, 0.1) is 0 Å². The highest BCUT2D eigenvalue weighted by Crippen LogP contribution is 2.26. The standard InChI is InChI=1S/C10H9F3NO/c11-10(12,13)15-9-2-1-8-6-14-4-3-7(8)5-9/h1-2,5H,3-4,6H2. The average Bonchev–Trinajstić information content (AvgIpc) is 2.15. The fourth-order valence-corrected chi connectivity index (χ4v) is 1.59. The normalized spacial score (nSPS) is 15.9. The van der Waals surface area contributed by atoms with Crippen LogP contribution in [0.15, 0.2) is 18.2 Å². The molecule has 1 aliphatic heterocycles. The Morgan fingerprint density at radius 1 is 1.20 bits per heavy atom. The summed E-state index contributed by atoms with van der Waals surface area (Å²) >= 11 is 0. The predicted molar refractivity (Wildman–Crippen MR) is 47.5 cm³/mol. The summed E-state index contributed by atoms with van der Waals surface area (Å²) in [5, 5.41) is 4.16. The van der Waals surface area contributed by atoms with Gasteiger partial charge < -0.3 is 4.74 Å². The Hall–Kier alpha value is -1.23. The highest BCUT2D eigenvalue weighted by Gasteiger charge is 2.31. The SMILES string of the molecule is FC(F)(F)Oc1ccc2c(c1)CC[N]C2. The molecule has 1 aromatic rings. The van der Waals surface area contributed by atoms with Gasteiger partial charge in [0.25, 0.3) is 0 Å². The lowest BCUT2D eigenvalue weighted by Crippen LogP contribution is -2.19. The van der Waals surface area contributed by atoms with Gasteiger partial charge in [-0.1, -0.05) is 6.07 Å². The van der Waals surface area contributed by atoms with Crippen molar-refractivity contribution in [3.63, 3.8) is 0 Å². The van der Waals surface area contributed by atoms with Crippen LogP contribution in [0.2, 0.25) is 0 Å². The Morgan fingerprint density at radius 2 is 2.00 bits per heavy atom. The largest absolute Gasteiger partial charge is 0.573 e. The molecule has 1 radical (unpaired) electrons. The van der Waals surface area contributed by atoms with E-state index in [0.717, 1.165) is 11.1 Å². The van der Waals surface area contributed by atoms with Crippen molar-refractivity contribution in [2.45, 2.75) is 19.3 Å². The summed E-state index contributed by atoms with van der Waals surface area (Å²) in [5.41, 5.74) is 1.88. The molecule has 5 heteroatoms. The van der Waals surface area contributed by atoms with Gasteiger partial charge in [-0.2, -0.15) is 0 Å². The maximum absolute atomic E-state index is 11.9. The van der Waals surface area contributed by atoms with Crippen LogP contribution in [0.4, 0.5) is 13.2 Å². The van der Waals surface area contributed by atoms with Gasteiger partial charge in [0.2, 0.25) is 0 Å². The fraction of sp³-hybridized carbons (Fsp3) is 0.400. The van der Waals surface area contributed by atoms with Gasteiger partial charge in [-0.25, -0.2) is 5.32 Å². The summed E-state index contributed by atoms with van der Waals surface area (Å²) in [6.45, 7) is 1.25. The van der Waals surface area contributed by atoms with E-state index < -0.39 is 6.36 Å².